The van der Waals surface area contributed by atoms with Crippen LogP contribution in [0.1, 0.15) is 216 Å². The van der Waals surface area contributed by atoms with E-state index < -0.39 is 23.4 Å². The van der Waals surface area contributed by atoms with Gasteiger partial charge >= 0.3 is 12.2 Å². The van der Waals surface area contributed by atoms with Crippen molar-refractivity contribution in [1.29, 1.82) is 0 Å². The highest BCUT2D eigenvalue weighted by Crippen LogP contribution is 2.15. The van der Waals surface area contributed by atoms with Crippen LogP contribution in [0, 0.1) is 0 Å². The Labute approximate surface area is 351 Å². The van der Waals surface area contributed by atoms with E-state index in [1.54, 1.807) is 0 Å². The molecule has 0 unspecified atom stereocenters. The highest BCUT2D eigenvalue weighted by Gasteiger charge is 2.17. The molecule has 57 heavy (non-hydrogen) atoms. The number of unbranched alkanes of at least 4 members (excludes halogenated alkanes) is 22. The molecule has 0 spiro atoms. The highest BCUT2D eigenvalue weighted by molar-refractivity contribution is 5.81. The van der Waals surface area contributed by atoms with Crippen LogP contribution in [0.5, 0.6) is 0 Å². The van der Waals surface area contributed by atoms with Crippen molar-refractivity contribution in [1.82, 2.24) is 26.2 Å². The maximum absolute atomic E-state index is 13.6. The Morgan fingerprint density at radius 3 is 1.07 bits per heavy atom. The summed E-state index contributed by atoms with van der Waals surface area (Å²) < 4.78 is 10.7. The SMILES string of the molecule is CCCCCCCCCCCCCCN(CCCCCCCCCCCCCC)C(=O)CCN=C(NCCNC(=O)OC(C)(C)C)NCCNC(=O)OC(C)(C)C. The van der Waals surface area contributed by atoms with Crippen LogP contribution in [0.15, 0.2) is 4.99 Å². The van der Waals surface area contributed by atoms with Gasteiger partial charge in [-0.25, -0.2) is 9.59 Å². The van der Waals surface area contributed by atoms with Crippen molar-refractivity contribution >= 4 is 24.1 Å². The lowest BCUT2D eigenvalue weighted by atomic mass is 10.0. The van der Waals surface area contributed by atoms with E-state index in [1.165, 1.54) is 141 Å². The molecule has 0 aliphatic carbocycles. The Hall–Kier alpha value is -2.72. The average molecular weight is 809 g/mol. The van der Waals surface area contributed by atoms with Crippen LogP contribution < -0.4 is 21.3 Å². The van der Waals surface area contributed by atoms with Gasteiger partial charge in [-0.1, -0.05) is 155 Å². The first-order chi connectivity index (χ1) is 27.3. The summed E-state index contributed by atoms with van der Waals surface area (Å²) >= 11 is 0. The lowest BCUT2D eigenvalue weighted by molar-refractivity contribution is -0.131. The van der Waals surface area contributed by atoms with Gasteiger partial charge in [0.05, 0.1) is 6.54 Å². The molecule has 0 aromatic rings. The molecule has 0 aromatic carbocycles. The fourth-order valence-electron chi connectivity index (χ4n) is 6.56. The number of guanidine groups is 1. The molecule has 0 aliphatic heterocycles. The molecule has 0 aromatic heterocycles. The van der Waals surface area contributed by atoms with E-state index in [1.807, 2.05) is 41.5 Å². The van der Waals surface area contributed by atoms with E-state index in [-0.39, 0.29) is 5.91 Å². The van der Waals surface area contributed by atoms with Gasteiger partial charge in [0.25, 0.3) is 0 Å². The molecule has 0 saturated carbocycles. The van der Waals surface area contributed by atoms with Crippen LogP contribution >= 0.6 is 0 Å². The van der Waals surface area contributed by atoms with Gasteiger partial charge in [-0.05, 0) is 54.4 Å². The monoisotopic (exact) mass is 809 g/mol. The van der Waals surface area contributed by atoms with Crippen molar-refractivity contribution < 1.29 is 23.9 Å². The molecule has 0 aliphatic rings. The first-order valence-corrected chi connectivity index (χ1v) is 23.5. The maximum atomic E-state index is 13.6. The van der Waals surface area contributed by atoms with Gasteiger partial charge in [0, 0.05) is 45.7 Å². The number of hydrogen-bond acceptors (Lipinski definition) is 6. The van der Waals surface area contributed by atoms with E-state index in [0.717, 1.165) is 25.9 Å². The molecule has 0 radical (unpaired) electrons. The van der Waals surface area contributed by atoms with Gasteiger partial charge in [0.15, 0.2) is 5.96 Å². The van der Waals surface area contributed by atoms with Crippen LogP contribution in [0.4, 0.5) is 9.59 Å². The van der Waals surface area contributed by atoms with E-state index in [4.69, 9.17) is 9.47 Å². The summed E-state index contributed by atoms with van der Waals surface area (Å²) in [5, 5.41) is 11.9. The number of aliphatic imine (C=N–C) groups is 1. The van der Waals surface area contributed by atoms with Crippen molar-refractivity contribution in [2.24, 2.45) is 4.99 Å². The summed E-state index contributed by atoms with van der Waals surface area (Å²) in [7, 11) is 0. The second-order valence-corrected chi connectivity index (χ2v) is 17.9. The molecule has 11 heteroatoms. The zero-order valence-corrected chi connectivity index (χ0v) is 38.6. The molecule has 0 saturated heterocycles. The third-order valence-corrected chi connectivity index (χ3v) is 9.68. The van der Waals surface area contributed by atoms with Gasteiger partial charge in [-0.2, -0.15) is 0 Å². The Morgan fingerprint density at radius 2 is 0.754 bits per heavy atom. The summed E-state index contributed by atoms with van der Waals surface area (Å²) in [6, 6.07) is 0. The minimum Gasteiger partial charge on any atom is -0.444 e. The fraction of sp³-hybridized carbons (Fsp3) is 0.913. The zero-order valence-electron chi connectivity index (χ0n) is 38.6. The quantitative estimate of drug-likeness (QED) is 0.0285. The minimum atomic E-state index is -0.576. The normalized spacial score (nSPS) is 11.5. The molecular weight excluding hydrogens is 717 g/mol. The standard InChI is InChI=1S/C46H92N6O5/c1-9-11-13-15-17-19-21-23-25-27-29-31-39-52(40-32-30-28-26-24-22-20-18-16-14-12-10-2)41(53)33-34-47-42(48-35-37-50-43(54)56-45(3,4)5)49-36-38-51-44(55)57-46(6,7)8/h9-40H2,1-8H3,(H,50,54)(H,51,55)(H2,47,48,49). The Balaban J connectivity index is 5.04. The van der Waals surface area contributed by atoms with E-state index in [0.29, 0.717) is 45.1 Å². The lowest BCUT2D eigenvalue weighted by Crippen LogP contribution is -2.45. The van der Waals surface area contributed by atoms with Crippen molar-refractivity contribution in [3.8, 4) is 0 Å². The Morgan fingerprint density at radius 1 is 0.456 bits per heavy atom. The smallest absolute Gasteiger partial charge is 0.407 e. The van der Waals surface area contributed by atoms with Crippen molar-refractivity contribution in [2.45, 2.75) is 227 Å². The molecule has 0 heterocycles. The number of amides is 3. The van der Waals surface area contributed by atoms with Crippen molar-refractivity contribution in [3.63, 3.8) is 0 Å². The molecule has 336 valence electrons. The summed E-state index contributed by atoms with van der Waals surface area (Å²) in [6.45, 7) is 18.9. The van der Waals surface area contributed by atoms with Gasteiger partial charge in [0.1, 0.15) is 11.2 Å². The molecule has 0 bridgehead atoms. The second-order valence-electron chi connectivity index (χ2n) is 17.9. The molecule has 4 N–H and O–H groups in total. The maximum Gasteiger partial charge on any atom is 0.407 e. The molecule has 3 amide bonds. The van der Waals surface area contributed by atoms with E-state index in [2.05, 4.69) is 45.0 Å². The number of nitrogens with one attached hydrogen (secondary N) is 4. The molecule has 11 nitrogen and oxygen atoms in total. The third-order valence-electron chi connectivity index (χ3n) is 9.68. The van der Waals surface area contributed by atoms with Gasteiger partial charge < -0.3 is 35.6 Å². The molecule has 0 rings (SSSR count). The van der Waals surface area contributed by atoms with Crippen LogP contribution in [0.3, 0.4) is 0 Å². The predicted molar refractivity (Wildman–Crippen MR) is 240 cm³/mol. The van der Waals surface area contributed by atoms with Crippen LogP contribution in [-0.2, 0) is 14.3 Å². The topological polar surface area (TPSA) is 133 Å². The van der Waals surface area contributed by atoms with Crippen LogP contribution in [0.2, 0.25) is 0 Å². The van der Waals surface area contributed by atoms with Gasteiger partial charge in [-0.3, -0.25) is 9.79 Å². The van der Waals surface area contributed by atoms with E-state index >= 15 is 0 Å². The Kier molecular flexibility index (Phi) is 34.6. The van der Waals surface area contributed by atoms with Gasteiger partial charge in [0.2, 0.25) is 5.91 Å². The number of hydrogen-bond donors (Lipinski definition) is 4. The number of ether oxygens (including phenoxy) is 2. The highest BCUT2D eigenvalue weighted by atomic mass is 16.6. The Bertz CT molecular complexity index is 944. The second kappa shape index (κ2) is 36.4. The fourth-order valence-corrected chi connectivity index (χ4v) is 6.56. The molecular formula is C46H92N6O5. The van der Waals surface area contributed by atoms with E-state index in [9.17, 15) is 14.4 Å². The largest absolute Gasteiger partial charge is 0.444 e. The van der Waals surface area contributed by atoms with Crippen LogP contribution in [-0.4, -0.2) is 86.0 Å². The average Bonchev–Trinajstić information content (AvgIpc) is 3.13. The zero-order chi connectivity index (χ0) is 42.5. The first-order valence-electron chi connectivity index (χ1n) is 23.5. The summed E-state index contributed by atoms with van der Waals surface area (Å²) in [5.74, 6) is 0.663. The van der Waals surface area contributed by atoms with Crippen molar-refractivity contribution in [2.75, 3.05) is 45.8 Å². The van der Waals surface area contributed by atoms with Crippen LogP contribution in [0.25, 0.3) is 0 Å². The summed E-state index contributed by atoms with van der Waals surface area (Å²) in [5.41, 5.74) is -1.15. The van der Waals surface area contributed by atoms with Gasteiger partial charge in [-0.15, -0.1) is 0 Å². The number of rotatable bonds is 35. The summed E-state index contributed by atoms with van der Waals surface area (Å²) in [6.07, 6.45) is 30.6. The summed E-state index contributed by atoms with van der Waals surface area (Å²) in [4.78, 5) is 44.5. The number of nitrogens with zero attached hydrogens (tertiary/aromatic N) is 2. The lowest BCUT2D eigenvalue weighted by Gasteiger charge is -2.23. The molecule has 0 atom stereocenters. The molecule has 0 fully saturated rings. The third kappa shape index (κ3) is 39.9. The minimum absolute atomic E-state index is 0.155. The first kappa shape index (κ1) is 54.3. The number of alkyl carbamates (subject to hydrolysis) is 2. The number of carbonyl (C=O) groups is 3. The number of carbonyl (C=O) groups excluding carboxylic acids is 3. The predicted octanol–water partition coefficient (Wildman–Crippen LogP) is 11.2. The van der Waals surface area contributed by atoms with Crippen molar-refractivity contribution in [3.05, 3.63) is 0 Å².